The zero-order valence-corrected chi connectivity index (χ0v) is 9.22. The molecule has 0 radical (unpaired) electrons. The number of hydrogen-bond donors (Lipinski definition) is 1. The van der Waals surface area contributed by atoms with Crippen LogP contribution in [0.15, 0.2) is 18.2 Å². The molecule has 4 heteroatoms. The third-order valence-corrected chi connectivity index (χ3v) is 3.17. The predicted molar refractivity (Wildman–Crippen MR) is 59.0 cm³/mol. The number of benzene rings is 1. The molecular formula is C11H12FNOS. The quantitative estimate of drug-likeness (QED) is 0.855. The second kappa shape index (κ2) is 5.74. The fourth-order valence-corrected chi connectivity index (χ4v) is 1.88. The molecule has 0 amide bonds. The van der Waals surface area contributed by atoms with E-state index in [1.165, 1.54) is 12.1 Å². The van der Waals surface area contributed by atoms with Crippen LogP contribution < -0.4 is 0 Å². The van der Waals surface area contributed by atoms with Gasteiger partial charge in [0, 0.05) is 11.0 Å². The van der Waals surface area contributed by atoms with Gasteiger partial charge in [-0.15, -0.1) is 0 Å². The average molecular weight is 225 g/mol. The third kappa shape index (κ3) is 3.54. The molecule has 0 spiro atoms. The van der Waals surface area contributed by atoms with Crippen LogP contribution in [0.4, 0.5) is 4.39 Å². The lowest BCUT2D eigenvalue weighted by atomic mass is 10.1. The molecule has 15 heavy (non-hydrogen) atoms. The van der Waals surface area contributed by atoms with Crippen molar-refractivity contribution in [2.45, 2.75) is 17.9 Å². The van der Waals surface area contributed by atoms with Gasteiger partial charge < -0.3 is 5.11 Å². The number of nitrogens with zero attached hydrogens (tertiary/aromatic N) is 1. The largest absolute Gasteiger partial charge is 0.395 e. The molecule has 1 N–H and O–H groups in total. The highest BCUT2D eigenvalue weighted by Crippen LogP contribution is 2.20. The summed E-state index contributed by atoms with van der Waals surface area (Å²) in [7, 11) is 0. The van der Waals surface area contributed by atoms with E-state index in [1.54, 1.807) is 17.8 Å². The first-order valence-electron chi connectivity index (χ1n) is 4.58. The summed E-state index contributed by atoms with van der Waals surface area (Å²) in [6.45, 7) is 2.01. The number of nitriles is 1. The van der Waals surface area contributed by atoms with Crippen LogP contribution in [0.1, 0.15) is 18.1 Å². The van der Waals surface area contributed by atoms with Gasteiger partial charge in [0.05, 0.1) is 18.2 Å². The van der Waals surface area contributed by atoms with Crippen LogP contribution >= 0.6 is 11.8 Å². The maximum atomic E-state index is 12.8. The number of aliphatic hydroxyl groups is 1. The smallest absolute Gasteiger partial charge is 0.124 e. The lowest BCUT2D eigenvalue weighted by Crippen LogP contribution is -2.03. The Morgan fingerprint density at radius 1 is 1.60 bits per heavy atom. The Morgan fingerprint density at radius 3 is 2.93 bits per heavy atom. The van der Waals surface area contributed by atoms with Gasteiger partial charge in [-0.1, -0.05) is 13.0 Å². The van der Waals surface area contributed by atoms with Gasteiger partial charge in [-0.2, -0.15) is 17.0 Å². The second-order valence-electron chi connectivity index (χ2n) is 3.22. The number of aliphatic hydroxyl groups excluding tert-OH is 1. The average Bonchev–Trinajstić information content (AvgIpc) is 2.26. The van der Waals surface area contributed by atoms with E-state index in [2.05, 4.69) is 0 Å². The van der Waals surface area contributed by atoms with E-state index in [0.717, 1.165) is 5.56 Å². The van der Waals surface area contributed by atoms with E-state index in [-0.39, 0.29) is 11.9 Å². The first kappa shape index (κ1) is 12.0. The SMILES string of the molecule is C[C@H](CO)SCc1ccc(F)cc1C#N. The van der Waals surface area contributed by atoms with Gasteiger partial charge in [0.25, 0.3) is 0 Å². The molecule has 1 rings (SSSR count). The first-order chi connectivity index (χ1) is 7.17. The Bertz CT molecular complexity index is 375. The monoisotopic (exact) mass is 225 g/mol. The van der Waals surface area contributed by atoms with Crippen molar-refractivity contribution in [3.8, 4) is 6.07 Å². The maximum Gasteiger partial charge on any atom is 0.124 e. The summed E-state index contributed by atoms with van der Waals surface area (Å²) in [5, 5.41) is 17.8. The Hall–Kier alpha value is -1.05. The summed E-state index contributed by atoms with van der Waals surface area (Å²) in [6.07, 6.45) is 0. The minimum Gasteiger partial charge on any atom is -0.395 e. The van der Waals surface area contributed by atoms with Gasteiger partial charge in [-0.25, -0.2) is 4.39 Å². The highest BCUT2D eigenvalue weighted by Gasteiger charge is 2.06. The molecular weight excluding hydrogens is 213 g/mol. The third-order valence-electron chi connectivity index (χ3n) is 1.97. The normalized spacial score (nSPS) is 12.1. The van der Waals surface area contributed by atoms with Crippen molar-refractivity contribution in [3.63, 3.8) is 0 Å². The Morgan fingerprint density at radius 2 is 2.33 bits per heavy atom. The molecule has 0 fully saturated rings. The highest BCUT2D eigenvalue weighted by atomic mass is 32.2. The topological polar surface area (TPSA) is 44.0 Å². The molecule has 0 saturated heterocycles. The molecule has 0 aromatic heterocycles. The zero-order chi connectivity index (χ0) is 11.3. The van der Waals surface area contributed by atoms with E-state index in [4.69, 9.17) is 10.4 Å². The molecule has 1 aromatic rings. The van der Waals surface area contributed by atoms with Crippen molar-refractivity contribution in [1.82, 2.24) is 0 Å². The molecule has 0 saturated carbocycles. The van der Waals surface area contributed by atoms with Crippen molar-refractivity contribution >= 4 is 11.8 Å². The summed E-state index contributed by atoms with van der Waals surface area (Å²) in [5.41, 5.74) is 1.18. The van der Waals surface area contributed by atoms with Gasteiger partial charge >= 0.3 is 0 Å². The number of hydrogen-bond acceptors (Lipinski definition) is 3. The minimum absolute atomic E-state index is 0.105. The highest BCUT2D eigenvalue weighted by molar-refractivity contribution is 7.99. The van der Waals surface area contributed by atoms with Crippen LogP contribution in [0.5, 0.6) is 0 Å². The summed E-state index contributed by atoms with van der Waals surface area (Å²) >= 11 is 1.54. The van der Waals surface area contributed by atoms with Crippen LogP contribution in [-0.4, -0.2) is 17.0 Å². The van der Waals surface area contributed by atoms with Gasteiger partial charge in [0.1, 0.15) is 5.82 Å². The van der Waals surface area contributed by atoms with Crippen LogP contribution in [0, 0.1) is 17.1 Å². The van der Waals surface area contributed by atoms with E-state index >= 15 is 0 Å². The van der Waals surface area contributed by atoms with Crippen LogP contribution in [0.25, 0.3) is 0 Å². The van der Waals surface area contributed by atoms with Crippen molar-refractivity contribution < 1.29 is 9.50 Å². The van der Waals surface area contributed by atoms with Gasteiger partial charge in [-0.3, -0.25) is 0 Å². The van der Waals surface area contributed by atoms with Crippen molar-refractivity contribution in [1.29, 1.82) is 5.26 Å². The van der Waals surface area contributed by atoms with Crippen molar-refractivity contribution in [2.24, 2.45) is 0 Å². The molecule has 0 heterocycles. The molecule has 1 atom stereocenters. The number of rotatable bonds is 4. The lowest BCUT2D eigenvalue weighted by Gasteiger charge is -2.08. The molecule has 2 nitrogen and oxygen atoms in total. The molecule has 80 valence electrons. The summed E-state index contributed by atoms with van der Waals surface area (Å²) in [4.78, 5) is 0. The Labute approximate surface area is 92.7 Å². The fourth-order valence-electron chi connectivity index (χ4n) is 1.06. The summed E-state index contributed by atoms with van der Waals surface area (Å²) < 4.78 is 12.8. The van der Waals surface area contributed by atoms with Crippen LogP contribution in [0.3, 0.4) is 0 Å². The predicted octanol–water partition coefficient (Wildman–Crippen LogP) is 2.31. The standard InChI is InChI=1S/C11H12FNOS/c1-8(6-14)15-7-9-2-3-11(12)4-10(9)5-13/h2-4,8,14H,6-7H2,1H3/t8-/m1/s1. The van der Waals surface area contributed by atoms with E-state index in [9.17, 15) is 4.39 Å². The Balaban J connectivity index is 2.73. The van der Waals surface area contributed by atoms with Crippen molar-refractivity contribution in [2.75, 3.05) is 6.61 Å². The molecule has 0 aliphatic rings. The molecule has 0 unspecified atom stereocenters. The molecule has 0 bridgehead atoms. The molecule has 0 aliphatic carbocycles. The van der Waals surface area contributed by atoms with E-state index < -0.39 is 5.82 Å². The maximum absolute atomic E-state index is 12.8. The number of thioether (sulfide) groups is 1. The molecule has 1 aromatic carbocycles. The summed E-state index contributed by atoms with van der Waals surface area (Å²) in [6, 6.07) is 6.16. The van der Waals surface area contributed by atoms with Crippen LogP contribution in [0.2, 0.25) is 0 Å². The van der Waals surface area contributed by atoms with Gasteiger partial charge in [-0.05, 0) is 17.7 Å². The fraction of sp³-hybridized carbons (Fsp3) is 0.364. The second-order valence-corrected chi connectivity index (χ2v) is 4.64. The number of halogens is 1. The van der Waals surface area contributed by atoms with Gasteiger partial charge in [0.2, 0.25) is 0 Å². The minimum atomic E-state index is -0.393. The van der Waals surface area contributed by atoms with Crippen LogP contribution in [-0.2, 0) is 5.75 Å². The van der Waals surface area contributed by atoms with Crippen molar-refractivity contribution in [3.05, 3.63) is 35.1 Å². The molecule has 0 aliphatic heterocycles. The van der Waals surface area contributed by atoms with E-state index in [0.29, 0.717) is 11.3 Å². The summed E-state index contributed by atoms with van der Waals surface area (Å²) in [5.74, 6) is 0.223. The first-order valence-corrected chi connectivity index (χ1v) is 5.63. The van der Waals surface area contributed by atoms with E-state index in [1.807, 2.05) is 13.0 Å². The Kier molecular flexibility index (Phi) is 4.60. The van der Waals surface area contributed by atoms with Gasteiger partial charge in [0.15, 0.2) is 0 Å². The zero-order valence-electron chi connectivity index (χ0n) is 8.40. The lowest BCUT2D eigenvalue weighted by molar-refractivity contribution is 0.300.